The molecule has 0 unspecified atom stereocenters. The molecule has 0 saturated carbocycles. The Balaban J connectivity index is 2.65. The fraction of sp³-hybridized carbons (Fsp3) is 0.833. The smallest absolute Gasteiger partial charge is 0.410 e. The van der Waals surface area contributed by atoms with E-state index in [1.165, 1.54) is 4.90 Å². The van der Waals surface area contributed by atoms with Gasteiger partial charge < -0.3 is 20.5 Å². The molecule has 0 aliphatic carbocycles. The molecule has 1 rings (SSSR count). The minimum Gasteiger partial charge on any atom is -0.481 e. The number of aliphatic carboxylic acids is 1. The first-order chi connectivity index (χ1) is 8.24. The zero-order valence-electron chi connectivity index (χ0n) is 11.2. The van der Waals surface area contributed by atoms with Gasteiger partial charge in [-0.05, 0) is 39.7 Å². The average molecular weight is 258 g/mol. The average Bonchev–Trinajstić information content (AvgIpc) is 2.25. The van der Waals surface area contributed by atoms with Crippen molar-refractivity contribution in [3.63, 3.8) is 0 Å². The molecule has 1 saturated heterocycles. The third kappa shape index (κ3) is 3.87. The second-order valence-corrected chi connectivity index (χ2v) is 5.66. The molecular weight excluding hydrogens is 236 g/mol. The third-order valence-electron chi connectivity index (χ3n) is 3.03. The van der Waals surface area contributed by atoms with Crippen LogP contribution in [0.5, 0.6) is 0 Å². The van der Waals surface area contributed by atoms with Crippen LogP contribution < -0.4 is 5.73 Å². The normalized spacial score (nSPS) is 24.8. The van der Waals surface area contributed by atoms with Crippen LogP contribution in [-0.2, 0) is 9.53 Å². The Morgan fingerprint density at radius 2 is 2.06 bits per heavy atom. The highest BCUT2D eigenvalue weighted by molar-refractivity contribution is 5.73. The fourth-order valence-electron chi connectivity index (χ4n) is 2.05. The molecule has 1 heterocycles. The number of carbonyl (C=O) groups excluding carboxylic acids is 1. The van der Waals surface area contributed by atoms with Crippen LogP contribution in [0.15, 0.2) is 0 Å². The van der Waals surface area contributed by atoms with Crippen molar-refractivity contribution < 1.29 is 19.4 Å². The van der Waals surface area contributed by atoms with Gasteiger partial charge in [-0.25, -0.2) is 4.79 Å². The van der Waals surface area contributed by atoms with Gasteiger partial charge in [0.2, 0.25) is 0 Å². The third-order valence-corrected chi connectivity index (χ3v) is 3.03. The molecule has 0 aromatic rings. The number of hydrogen-bond donors (Lipinski definition) is 2. The van der Waals surface area contributed by atoms with Gasteiger partial charge in [0, 0.05) is 13.1 Å². The Bertz CT molecular complexity index is 325. The number of carboxylic acids is 1. The van der Waals surface area contributed by atoms with Gasteiger partial charge in [0.25, 0.3) is 0 Å². The number of piperidine rings is 1. The maximum absolute atomic E-state index is 11.9. The summed E-state index contributed by atoms with van der Waals surface area (Å²) in [5.41, 5.74) is 4.99. The van der Waals surface area contributed by atoms with Crippen molar-refractivity contribution in [3.05, 3.63) is 0 Å². The van der Waals surface area contributed by atoms with Crippen LogP contribution in [0.4, 0.5) is 4.79 Å². The number of carboxylic acid groups (broad SMARTS) is 1. The van der Waals surface area contributed by atoms with Crippen molar-refractivity contribution in [1.29, 1.82) is 0 Å². The van der Waals surface area contributed by atoms with Gasteiger partial charge in [0.05, 0.1) is 5.92 Å². The minimum absolute atomic E-state index is 0.0683. The maximum atomic E-state index is 11.9. The van der Waals surface area contributed by atoms with Crippen LogP contribution in [0.3, 0.4) is 0 Å². The molecule has 6 heteroatoms. The quantitative estimate of drug-likeness (QED) is 0.767. The van der Waals surface area contributed by atoms with Gasteiger partial charge in [-0.3, -0.25) is 4.79 Å². The summed E-state index contributed by atoms with van der Waals surface area (Å²) in [5, 5.41) is 9.14. The molecule has 6 nitrogen and oxygen atoms in total. The Morgan fingerprint density at radius 3 is 2.50 bits per heavy atom. The van der Waals surface area contributed by atoms with Gasteiger partial charge in [-0.1, -0.05) is 0 Å². The van der Waals surface area contributed by atoms with Crippen molar-refractivity contribution in [2.45, 2.75) is 32.8 Å². The van der Waals surface area contributed by atoms with E-state index in [1.54, 1.807) is 20.8 Å². The zero-order valence-corrected chi connectivity index (χ0v) is 11.2. The van der Waals surface area contributed by atoms with E-state index in [-0.39, 0.29) is 12.5 Å². The highest BCUT2D eigenvalue weighted by Crippen LogP contribution is 2.24. The van der Waals surface area contributed by atoms with Gasteiger partial charge in [0.15, 0.2) is 0 Å². The molecule has 0 radical (unpaired) electrons. The molecule has 1 aliphatic rings. The zero-order chi connectivity index (χ0) is 13.9. The second-order valence-electron chi connectivity index (χ2n) is 5.66. The number of likely N-dealkylation sites (tertiary alicyclic amines) is 1. The Kier molecular flexibility index (Phi) is 4.56. The lowest BCUT2D eigenvalue weighted by molar-refractivity contribution is -0.145. The number of carbonyl (C=O) groups is 2. The molecule has 3 N–H and O–H groups in total. The summed E-state index contributed by atoms with van der Waals surface area (Å²) in [6.45, 7) is 6.36. The second kappa shape index (κ2) is 5.56. The lowest BCUT2D eigenvalue weighted by atomic mass is 9.86. The number of ether oxygens (including phenoxy) is 1. The van der Waals surface area contributed by atoms with E-state index in [0.29, 0.717) is 19.5 Å². The van der Waals surface area contributed by atoms with E-state index >= 15 is 0 Å². The molecule has 1 aliphatic heterocycles. The Morgan fingerprint density at radius 1 is 1.44 bits per heavy atom. The van der Waals surface area contributed by atoms with Gasteiger partial charge in [-0.15, -0.1) is 0 Å². The molecule has 18 heavy (non-hydrogen) atoms. The number of amides is 1. The van der Waals surface area contributed by atoms with E-state index in [2.05, 4.69) is 0 Å². The Labute approximate surface area is 107 Å². The molecule has 0 aromatic heterocycles. The Hall–Kier alpha value is -1.30. The summed E-state index contributed by atoms with van der Waals surface area (Å²) < 4.78 is 5.24. The van der Waals surface area contributed by atoms with Crippen LogP contribution in [-0.4, -0.2) is 47.3 Å². The first-order valence-electron chi connectivity index (χ1n) is 6.15. The monoisotopic (exact) mass is 258 g/mol. The summed E-state index contributed by atoms with van der Waals surface area (Å²) in [6, 6.07) is 0. The first-order valence-corrected chi connectivity index (χ1v) is 6.15. The number of nitrogens with zero attached hydrogens (tertiary/aromatic N) is 1. The van der Waals surface area contributed by atoms with Crippen LogP contribution in [0.25, 0.3) is 0 Å². The molecule has 1 fully saturated rings. The standard InChI is InChI=1S/C12H22N2O4/c1-12(2,3)18-11(17)14-5-4-8(6-13)9(7-14)10(15)16/h8-9H,4-7,13H2,1-3H3,(H,15,16)/t8-,9+/m0/s1. The summed E-state index contributed by atoms with van der Waals surface area (Å²) >= 11 is 0. The number of rotatable bonds is 2. The first kappa shape index (κ1) is 14.8. The predicted molar refractivity (Wildman–Crippen MR) is 66.1 cm³/mol. The molecule has 1 amide bonds. The molecule has 0 aromatic carbocycles. The summed E-state index contributed by atoms with van der Waals surface area (Å²) in [4.78, 5) is 24.5. The highest BCUT2D eigenvalue weighted by Gasteiger charge is 2.36. The van der Waals surface area contributed by atoms with Gasteiger partial charge >= 0.3 is 12.1 Å². The van der Waals surface area contributed by atoms with Gasteiger partial charge in [0.1, 0.15) is 5.60 Å². The number of nitrogens with two attached hydrogens (primary N) is 1. The van der Waals surface area contributed by atoms with E-state index in [4.69, 9.17) is 15.6 Å². The van der Waals surface area contributed by atoms with Crippen LogP contribution in [0, 0.1) is 11.8 Å². The van der Waals surface area contributed by atoms with Crippen molar-refractivity contribution in [2.75, 3.05) is 19.6 Å². The van der Waals surface area contributed by atoms with E-state index in [1.807, 2.05) is 0 Å². The number of hydrogen-bond acceptors (Lipinski definition) is 4. The van der Waals surface area contributed by atoms with Crippen molar-refractivity contribution in [2.24, 2.45) is 17.6 Å². The predicted octanol–water partition coefficient (Wildman–Crippen LogP) is 0.903. The molecule has 0 spiro atoms. The topological polar surface area (TPSA) is 92.9 Å². The summed E-state index contributed by atoms with van der Waals surface area (Å²) in [7, 11) is 0. The molecule has 0 bridgehead atoms. The van der Waals surface area contributed by atoms with Crippen molar-refractivity contribution in [3.8, 4) is 0 Å². The maximum Gasteiger partial charge on any atom is 0.410 e. The lowest BCUT2D eigenvalue weighted by Gasteiger charge is -2.36. The largest absolute Gasteiger partial charge is 0.481 e. The van der Waals surface area contributed by atoms with E-state index in [9.17, 15) is 9.59 Å². The summed E-state index contributed by atoms with van der Waals surface area (Å²) in [5.74, 6) is -1.57. The van der Waals surface area contributed by atoms with Crippen LogP contribution >= 0.6 is 0 Å². The fourth-order valence-corrected chi connectivity index (χ4v) is 2.05. The van der Waals surface area contributed by atoms with E-state index in [0.717, 1.165) is 0 Å². The van der Waals surface area contributed by atoms with E-state index < -0.39 is 23.6 Å². The summed E-state index contributed by atoms with van der Waals surface area (Å²) in [6.07, 6.45) is 0.149. The van der Waals surface area contributed by atoms with Crippen molar-refractivity contribution >= 4 is 12.1 Å². The lowest BCUT2D eigenvalue weighted by Crippen LogP contribution is -2.49. The van der Waals surface area contributed by atoms with Crippen LogP contribution in [0.1, 0.15) is 27.2 Å². The van der Waals surface area contributed by atoms with Crippen LogP contribution in [0.2, 0.25) is 0 Å². The van der Waals surface area contributed by atoms with Crippen molar-refractivity contribution in [1.82, 2.24) is 4.90 Å². The SMILES string of the molecule is CC(C)(C)OC(=O)N1CC[C@@H](CN)[C@H](C(=O)O)C1. The molecule has 104 valence electrons. The highest BCUT2D eigenvalue weighted by atomic mass is 16.6. The molecule has 2 atom stereocenters. The molecular formula is C12H22N2O4. The minimum atomic E-state index is -0.904. The van der Waals surface area contributed by atoms with Gasteiger partial charge in [-0.2, -0.15) is 0 Å².